The number of likely N-dealkylation sites (N-methyl/N-ethyl adjacent to an activating group) is 1. The van der Waals surface area contributed by atoms with Gasteiger partial charge in [0.1, 0.15) is 19.8 Å². The van der Waals surface area contributed by atoms with Gasteiger partial charge in [0.15, 0.2) is 6.10 Å². The maximum Gasteiger partial charge on any atom is 0.306 e. The molecule has 0 aliphatic heterocycles. The Morgan fingerprint density at radius 2 is 0.614 bits per heavy atom. The van der Waals surface area contributed by atoms with E-state index in [1.807, 2.05) is 21.1 Å². The number of phosphoric acid groups is 1. The van der Waals surface area contributed by atoms with Gasteiger partial charge in [-0.25, -0.2) is 0 Å². The van der Waals surface area contributed by atoms with E-state index in [4.69, 9.17) is 18.5 Å². The summed E-state index contributed by atoms with van der Waals surface area (Å²) in [5.74, 6) is -0.834. The molecule has 0 radical (unpaired) electrons. The number of carbonyl (C=O) groups is 2. The molecule has 0 saturated heterocycles. The first-order chi connectivity index (χ1) is 43.0. The van der Waals surface area contributed by atoms with Crippen molar-refractivity contribution in [2.24, 2.45) is 0 Å². The maximum absolute atomic E-state index is 12.9. The van der Waals surface area contributed by atoms with E-state index in [1.165, 1.54) is 148 Å². The Kier molecular flexibility index (Phi) is 64.6. The topological polar surface area (TPSA) is 111 Å². The SMILES string of the molecule is CC/C=C\C/C=C\C/C=C\C/C=C\C/C=C\C/C=C\C/C=C\CCCCCCCCCCCCCC(=O)OC(COC(=O)CCCCCCCCCCCCCCCCCCCC/C=C\C/C=C\C/C=C\C/C=C\CC)COP(=O)([O-])OCC[N+](C)(C)C. The minimum Gasteiger partial charge on any atom is -0.756 e. The number of rotatable bonds is 65. The van der Waals surface area contributed by atoms with Crippen LogP contribution in [0.15, 0.2) is 134 Å². The molecule has 0 bridgehead atoms. The lowest BCUT2D eigenvalue weighted by molar-refractivity contribution is -0.870. The summed E-state index contributed by atoms with van der Waals surface area (Å²) in [6, 6.07) is 0. The van der Waals surface area contributed by atoms with Crippen molar-refractivity contribution in [2.45, 2.75) is 302 Å². The fraction of sp³-hybridized carbons (Fsp3) is 0.692. The van der Waals surface area contributed by atoms with Crippen LogP contribution < -0.4 is 4.89 Å². The summed E-state index contributed by atoms with van der Waals surface area (Å²) < 4.78 is 34.3. The van der Waals surface area contributed by atoms with E-state index < -0.39 is 26.5 Å². The van der Waals surface area contributed by atoms with Crippen LogP contribution >= 0.6 is 7.82 Å². The van der Waals surface area contributed by atoms with Crippen molar-refractivity contribution >= 4 is 19.8 Å². The minimum absolute atomic E-state index is 0.0359. The molecule has 9 nitrogen and oxygen atoms in total. The molecule has 0 aliphatic carbocycles. The van der Waals surface area contributed by atoms with Crippen molar-refractivity contribution in [2.75, 3.05) is 47.5 Å². The zero-order valence-electron chi connectivity index (χ0n) is 57.4. The third-order valence-corrected chi connectivity index (χ3v) is 16.1. The predicted octanol–water partition coefficient (Wildman–Crippen LogP) is 23.0. The van der Waals surface area contributed by atoms with Gasteiger partial charge in [0.05, 0.1) is 27.7 Å². The number of hydrogen-bond acceptors (Lipinski definition) is 8. The van der Waals surface area contributed by atoms with Crippen molar-refractivity contribution in [3.63, 3.8) is 0 Å². The molecule has 88 heavy (non-hydrogen) atoms. The van der Waals surface area contributed by atoms with E-state index in [0.717, 1.165) is 116 Å². The van der Waals surface area contributed by atoms with Crippen LogP contribution in [-0.4, -0.2) is 70.0 Å². The van der Waals surface area contributed by atoms with Crippen LogP contribution in [0.3, 0.4) is 0 Å². The maximum atomic E-state index is 12.9. The van der Waals surface area contributed by atoms with Gasteiger partial charge in [0.25, 0.3) is 7.82 Å². The molecule has 2 atom stereocenters. The number of phosphoric ester groups is 1. The van der Waals surface area contributed by atoms with Crippen LogP contribution in [0, 0.1) is 0 Å². The standard InChI is InChI=1S/C78H134NO8P/c1-6-8-10-12-14-16-18-20-22-24-26-28-30-32-34-36-38-39-41-43-45-47-49-51-53-55-57-59-61-63-65-67-69-71-78(81)87-76(75-86-88(82,83)85-73-72-79(3,4)5)74-84-77(80)70-68-66-64-62-60-58-56-54-52-50-48-46-44-42-40-37-35-33-31-29-27-25-23-21-19-17-15-13-11-9-7-2/h8-11,14-17,20-23,26-29,32,34,38-39,43,45,76H,6-7,12-13,18-19,24-25,30-31,33,35-37,40-42,44,46-75H2,1-5H3/b10-8-,11-9-,16-14-,17-15-,22-20-,23-21-,28-26-,29-27-,34-32-,39-38-,45-43-. The normalized spacial score (nSPS) is 13.9. The first kappa shape index (κ1) is 84.2. The van der Waals surface area contributed by atoms with Gasteiger partial charge in [-0.2, -0.15) is 0 Å². The summed E-state index contributed by atoms with van der Waals surface area (Å²) in [4.78, 5) is 38.1. The Bertz CT molecular complexity index is 1950. The highest BCUT2D eigenvalue weighted by molar-refractivity contribution is 7.45. The number of ether oxygens (including phenoxy) is 2. The summed E-state index contributed by atoms with van der Waals surface area (Å²) >= 11 is 0. The van der Waals surface area contributed by atoms with E-state index in [0.29, 0.717) is 17.4 Å². The van der Waals surface area contributed by atoms with Gasteiger partial charge >= 0.3 is 11.9 Å². The van der Waals surface area contributed by atoms with Gasteiger partial charge in [0, 0.05) is 12.8 Å². The summed E-state index contributed by atoms with van der Waals surface area (Å²) in [6.07, 6.45) is 98.2. The Hall–Kier alpha value is -3.85. The van der Waals surface area contributed by atoms with Crippen LogP contribution in [0.5, 0.6) is 0 Å². The molecule has 0 fully saturated rings. The largest absolute Gasteiger partial charge is 0.756 e. The molecule has 0 N–H and O–H groups in total. The molecular weight excluding hydrogens is 1110 g/mol. The quantitative estimate of drug-likeness (QED) is 0.0195. The van der Waals surface area contributed by atoms with Crippen LogP contribution in [0.25, 0.3) is 0 Å². The zero-order chi connectivity index (χ0) is 64.1. The molecule has 0 amide bonds. The molecule has 2 unspecified atom stereocenters. The number of unbranched alkanes of at least 4 members (excludes halogenated alkanes) is 29. The monoisotopic (exact) mass is 1240 g/mol. The highest BCUT2D eigenvalue weighted by atomic mass is 31.2. The van der Waals surface area contributed by atoms with Gasteiger partial charge in [-0.15, -0.1) is 0 Å². The lowest BCUT2D eigenvalue weighted by atomic mass is 10.0. The van der Waals surface area contributed by atoms with Gasteiger partial charge < -0.3 is 27.9 Å². The Morgan fingerprint density at radius 1 is 0.352 bits per heavy atom. The molecule has 0 saturated carbocycles. The van der Waals surface area contributed by atoms with E-state index in [9.17, 15) is 19.0 Å². The van der Waals surface area contributed by atoms with E-state index in [2.05, 4.69) is 148 Å². The number of allylic oxidation sites excluding steroid dienone is 22. The average molecular weight is 1240 g/mol. The van der Waals surface area contributed by atoms with Crippen molar-refractivity contribution in [1.29, 1.82) is 0 Å². The highest BCUT2D eigenvalue weighted by Crippen LogP contribution is 2.38. The van der Waals surface area contributed by atoms with Gasteiger partial charge in [-0.1, -0.05) is 308 Å². The summed E-state index contributed by atoms with van der Waals surface area (Å²) in [6.45, 7) is 4.03. The van der Waals surface area contributed by atoms with E-state index in [1.54, 1.807) is 0 Å². The third kappa shape index (κ3) is 71.2. The fourth-order valence-corrected chi connectivity index (χ4v) is 10.5. The fourth-order valence-electron chi connectivity index (χ4n) is 9.75. The Morgan fingerprint density at radius 3 is 0.909 bits per heavy atom. The highest BCUT2D eigenvalue weighted by Gasteiger charge is 2.22. The number of hydrogen-bond donors (Lipinski definition) is 0. The number of carbonyl (C=O) groups excluding carboxylic acids is 2. The molecule has 504 valence electrons. The molecule has 10 heteroatoms. The molecule has 0 spiro atoms. The van der Waals surface area contributed by atoms with Crippen LogP contribution in [0.1, 0.15) is 296 Å². The Balaban J connectivity index is 4.06. The molecule has 0 aromatic heterocycles. The molecule has 0 heterocycles. The smallest absolute Gasteiger partial charge is 0.306 e. The molecule has 0 rings (SSSR count). The molecular formula is C78H134NO8P. The van der Waals surface area contributed by atoms with Gasteiger partial charge in [-0.3, -0.25) is 14.2 Å². The molecule has 0 aromatic carbocycles. The van der Waals surface area contributed by atoms with E-state index in [-0.39, 0.29) is 32.0 Å². The second kappa shape index (κ2) is 67.5. The van der Waals surface area contributed by atoms with Crippen LogP contribution in [-0.2, 0) is 32.7 Å². The predicted molar refractivity (Wildman–Crippen MR) is 378 cm³/mol. The molecule has 0 aliphatic rings. The number of quaternary nitrogens is 1. The zero-order valence-corrected chi connectivity index (χ0v) is 58.3. The summed E-state index contributed by atoms with van der Waals surface area (Å²) in [5, 5.41) is 0. The Labute approximate surface area is 542 Å². The molecule has 0 aromatic rings. The van der Waals surface area contributed by atoms with Crippen molar-refractivity contribution < 1.29 is 42.1 Å². The first-order valence-corrected chi connectivity index (χ1v) is 37.4. The van der Waals surface area contributed by atoms with E-state index >= 15 is 0 Å². The number of esters is 2. The second-order valence-electron chi connectivity index (χ2n) is 24.8. The van der Waals surface area contributed by atoms with Crippen molar-refractivity contribution in [3.05, 3.63) is 134 Å². The second-order valence-corrected chi connectivity index (χ2v) is 26.2. The van der Waals surface area contributed by atoms with Gasteiger partial charge in [-0.05, 0) is 109 Å². The van der Waals surface area contributed by atoms with Crippen molar-refractivity contribution in [3.8, 4) is 0 Å². The van der Waals surface area contributed by atoms with Crippen LogP contribution in [0.2, 0.25) is 0 Å². The van der Waals surface area contributed by atoms with Crippen molar-refractivity contribution in [1.82, 2.24) is 0 Å². The lowest BCUT2D eigenvalue weighted by Crippen LogP contribution is -2.37. The number of nitrogens with zero attached hydrogens (tertiary/aromatic N) is 1. The van der Waals surface area contributed by atoms with Gasteiger partial charge in [0.2, 0.25) is 0 Å². The summed E-state index contributed by atoms with van der Waals surface area (Å²) in [5.41, 5.74) is 0. The minimum atomic E-state index is -4.65. The summed E-state index contributed by atoms with van der Waals surface area (Å²) in [7, 11) is 1.16. The first-order valence-electron chi connectivity index (χ1n) is 35.9. The lowest BCUT2D eigenvalue weighted by Gasteiger charge is -2.28. The third-order valence-electron chi connectivity index (χ3n) is 15.2. The average Bonchev–Trinajstić information content (AvgIpc) is 3.56. The van der Waals surface area contributed by atoms with Crippen LogP contribution in [0.4, 0.5) is 0 Å².